The summed E-state index contributed by atoms with van der Waals surface area (Å²) in [5, 5.41) is 14.4. The minimum absolute atomic E-state index is 0.00610. The van der Waals surface area contributed by atoms with E-state index in [0.29, 0.717) is 83.2 Å². The molecule has 2 heterocycles. The number of Topliss-reactive ketones (excluding diaryl/α,β-unsaturated/α-hetero) is 2. The second-order valence-corrected chi connectivity index (χ2v) is 30.5. The molecule has 0 bridgehead atoms. The van der Waals surface area contributed by atoms with Gasteiger partial charge in [-0.2, -0.15) is 4.39 Å². The van der Waals surface area contributed by atoms with Crippen LogP contribution in [0.1, 0.15) is 169 Å². The molecule has 0 saturated carbocycles. The molecule has 0 aromatic heterocycles. The number of esters is 1. The van der Waals surface area contributed by atoms with Gasteiger partial charge in [-0.3, -0.25) is 48.1 Å². The van der Waals surface area contributed by atoms with Gasteiger partial charge in [0.15, 0.2) is 23.2 Å². The third kappa shape index (κ3) is 25.9. The van der Waals surface area contributed by atoms with E-state index in [9.17, 15) is 65.5 Å². The number of likely N-dealkylation sites (tertiary alicyclic amines) is 2. The minimum Gasteiger partial charge on any atom is -0.420 e. The molecule has 0 aliphatic carbocycles. The number of aryl methyl sites for hydroxylation is 1. The van der Waals surface area contributed by atoms with E-state index in [1.165, 1.54) is 14.2 Å². The molecule has 2 fully saturated rings. The van der Waals surface area contributed by atoms with Gasteiger partial charge in [-0.1, -0.05) is 111 Å². The van der Waals surface area contributed by atoms with E-state index in [1.807, 2.05) is 115 Å². The number of carbonyl (C=O) groups excluding carboxylic acids is 10. The Kier molecular flexibility index (Phi) is 36.4. The quantitative estimate of drug-likeness (QED) is 0.00767. The standard InChI is InChI=1S/C80H120F4N10O13/c1-17-49(8)72(92(14)78(102)70(47(4)5)90-77(101)71(48(6)7)91(12)13)62(105-15)45-64(98)94-39-23-29-59(94)73(106-16)51(10)60(95)44-57(42-54-25-19-18-20-26-54)75(99)86-36-21-27-53-31-33-58(34-32-53)88-76(100)55(28-22-37-87-80(85)104)43-61(96)69(46(2)3)89-63(97)30-24-38-93-40-35-56(41-50(93)9)79(103)107-74-66(82)52(11)65(81)67(83)68(74)84/h18-20,25-26,31-34,46-51,55-57,59,62,69-73H,17,21-24,27-30,35-45H2,1-16H3,(H,86,99)(H,88,100)(H,89,97)(H,90,101)(H3,85,87,104)/t49-,50?,51-,55+,56?,57+,59-,62+,69-,70-,71-,72-,73+/m0/s1. The normalized spacial score (nSPS) is 18.3. The number of ketones is 2. The zero-order chi connectivity index (χ0) is 79.7. The van der Waals surface area contributed by atoms with Crippen molar-refractivity contribution in [3.05, 3.63) is 94.6 Å². The van der Waals surface area contributed by atoms with E-state index >= 15 is 0 Å². The SMILES string of the molecule is CC[C@H](C)[C@@H]([C@@H](CC(=O)N1CCC[C@H]1[C@H](OC)[C@@H](C)C(=O)C[C@@H](Cc1ccccc1)C(=O)NCCCc1ccc(NC(=O)[C@H](CCCNC(N)=O)CC(=O)[C@@H](NC(=O)CCCN2CCC(C(=O)Oc3c(F)c(C)c(F)c(F)c3F)CC2C)C(C)C)cc1)OC)N(C)C(=O)[C@@H](NC(=O)[C@H](C(C)C)N(C)C)C(C)C. The van der Waals surface area contributed by atoms with Crippen LogP contribution >= 0.6 is 0 Å². The smallest absolute Gasteiger partial charge is 0.314 e. The predicted octanol–water partition coefficient (Wildman–Crippen LogP) is 9.66. The summed E-state index contributed by atoms with van der Waals surface area (Å²) in [7, 11) is 8.45. The molecule has 0 spiro atoms. The van der Waals surface area contributed by atoms with Gasteiger partial charge in [0.05, 0.1) is 48.7 Å². The zero-order valence-corrected chi connectivity index (χ0v) is 65.8. The number of nitrogens with two attached hydrogens (primary N) is 1. The van der Waals surface area contributed by atoms with Crippen LogP contribution < -0.4 is 37.1 Å². The van der Waals surface area contributed by atoms with Crippen LogP contribution in [-0.2, 0) is 65.5 Å². The van der Waals surface area contributed by atoms with Crippen molar-refractivity contribution in [3.8, 4) is 5.75 Å². The number of halogens is 4. The molecule has 107 heavy (non-hydrogen) atoms. The van der Waals surface area contributed by atoms with Crippen molar-refractivity contribution in [1.82, 2.24) is 40.9 Å². The van der Waals surface area contributed by atoms with E-state index in [1.54, 1.807) is 49.8 Å². The number of urea groups is 1. The molecule has 7 N–H and O–H groups in total. The summed E-state index contributed by atoms with van der Waals surface area (Å²) in [6.07, 6.45) is 2.96. The van der Waals surface area contributed by atoms with Crippen LogP contribution in [0.25, 0.3) is 0 Å². The molecule has 13 atom stereocenters. The first-order valence-electron chi connectivity index (χ1n) is 38.0. The fourth-order valence-corrected chi connectivity index (χ4v) is 15.0. The lowest BCUT2D eigenvalue weighted by Gasteiger charge is -2.41. The van der Waals surface area contributed by atoms with Gasteiger partial charge in [-0.15, -0.1) is 0 Å². The van der Waals surface area contributed by atoms with Gasteiger partial charge in [-0.05, 0) is 152 Å². The highest BCUT2D eigenvalue weighted by Gasteiger charge is 2.44. The lowest BCUT2D eigenvalue weighted by molar-refractivity contribution is -0.148. The number of rotatable bonds is 43. The van der Waals surface area contributed by atoms with Crippen LogP contribution in [0.2, 0.25) is 0 Å². The van der Waals surface area contributed by atoms with E-state index in [4.69, 9.17) is 19.9 Å². The van der Waals surface area contributed by atoms with Crippen LogP contribution in [0.15, 0.2) is 54.6 Å². The van der Waals surface area contributed by atoms with E-state index in [-0.39, 0.29) is 116 Å². The summed E-state index contributed by atoms with van der Waals surface area (Å²) >= 11 is 0. The molecule has 5 rings (SSSR count). The molecule has 0 radical (unpaired) electrons. The van der Waals surface area contributed by atoms with E-state index in [0.717, 1.165) is 18.1 Å². The molecule has 2 aliphatic rings. The molecule has 2 aliphatic heterocycles. The molecule has 3 aromatic carbocycles. The highest BCUT2D eigenvalue weighted by Crippen LogP contribution is 2.35. The van der Waals surface area contributed by atoms with Crippen molar-refractivity contribution < 1.29 is 79.7 Å². The number of carbonyl (C=O) groups is 10. The third-order valence-electron chi connectivity index (χ3n) is 21.4. The van der Waals surface area contributed by atoms with E-state index in [2.05, 4.69) is 26.6 Å². The summed E-state index contributed by atoms with van der Waals surface area (Å²) in [6, 6.07) is 12.5. The van der Waals surface area contributed by atoms with Crippen molar-refractivity contribution in [2.24, 2.45) is 53.1 Å². The van der Waals surface area contributed by atoms with Gasteiger partial charge < -0.3 is 61.2 Å². The number of benzene rings is 3. The minimum atomic E-state index is -1.94. The Morgan fingerprint density at radius 1 is 0.673 bits per heavy atom. The number of nitrogens with zero attached hydrogens (tertiary/aromatic N) is 4. The Morgan fingerprint density at radius 2 is 1.32 bits per heavy atom. The molecule has 27 heteroatoms. The Morgan fingerprint density at radius 3 is 1.91 bits per heavy atom. The van der Waals surface area contributed by atoms with Gasteiger partial charge >= 0.3 is 12.0 Å². The van der Waals surface area contributed by atoms with Gasteiger partial charge in [-0.25, -0.2) is 18.0 Å². The van der Waals surface area contributed by atoms with Crippen molar-refractivity contribution in [2.45, 2.75) is 221 Å². The van der Waals surface area contributed by atoms with Crippen LogP contribution in [0, 0.1) is 77.5 Å². The van der Waals surface area contributed by atoms with Crippen molar-refractivity contribution in [1.29, 1.82) is 0 Å². The summed E-state index contributed by atoms with van der Waals surface area (Å²) in [6.45, 7) is 21.5. The molecule has 23 nitrogen and oxygen atoms in total. The number of methoxy groups -OCH3 is 2. The van der Waals surface area contributed by atoms with Crippen molar-refractivity contribution in [3.63, 3.8) is 0 Å². The Hall–Kier alpha value is -7.88. The Bertz CT molecular complexity index is 3420. The second kappa shape index (κ2) is 43.3. The highest BCUT2D eigenvalue weighted by atomic mass is 19.2. The fraction of sp³-hybridized carbons (Fsp3) is 0.650. The van der Waals surface area contributed by atoms with Gasteiger partial charge in [0, 0.05) is 95.2 Å². The maximum atomic E-state index is 14.7. The maximum absolute atomic E-state index is 14.7. The number of likely N-dealkylation sites (N-methyl/N-ethyl adjacent to an activating group) is 2. The summed E-state index contributed by atoms with van der Waals surface area (Å²) in [4.78, 5) is 145. The van der Waals surface area contributed by atoms with Gasteiger partial charge in [0.1, 0.15) is 11.8 Å². The summed E-state index contributed by atoms with van der Waals surface area (Å²) < 4.78 is 74.1. The van der Waals surface area contributed by atoms with Gasteiger partial charge in [0.2, 0.25) is 47.0 Å². The molecule has 2 unspecified atom stereocenters. The second-order valence-electron chi connectivity index (χ2n) is 30.5. The first kappa shape index (κ1) is 89.7. The van der Waals surface area contributed by atoms with Crippen LogP contribution in [-0.4, -0.2) is 195 Å². The van der Waals surface area contributed by atoms with Gasteiger partial charge in [0.25, 0.3) is 0 Å². The summed E-state index contributed by atoms with van der Waals surface area (Å²) in [5.41, 5.74) is 6.73. The third-order valence-corrected chi connectivity index (χ3v) is 21.4. The summed E-state index contributed by atoms with van der Waals surface area (Å²) in [5.74, 6) is -15.5. The molecule has 596 valence electrons. The van der Waals surface area contributed by atoms with Crippen molar-refractivity contribution in [2.75, 3.05) is 73.4 Å². The highest BCUT2D eigenvalue weighted by molar-refractivity contribution is 5.97. The lowest BCUT2D eigenvalue weighted by atomic mass is 9.85. The first-order chi connectivity index (χ1) is 50.6. The average Bonchev–Trinajstić information content (AvgIpc) is 1.06. The monoisotopic (exact) mass is 1500 g/mol. The number of primary amides is 1. The Balaban J connectivity index is 1.15. The number of piperidine rings is 1. The first-order valence-corrected chi connectivity index (χ1v) is 38.0. The zero-order valence-electron chi connectivity index (χ0n) is 65.8. The molecule has 2 saturated heterocycles. The van der Waals surface area contributed by atoms with Crippen molar-refractivity contribution >= 4 is 64.7 Å². The topological polar surface area (TPSA) is 298 Å². The number of ether oxygens (including phenoxy) is 3. The van der Waals surface area contributed by atoms with Crippen LogP contribution in [0.3, 0.4) is 0 Å². The average molecular weight is 1510 g/mol. The number of hydrogen-bond acceptors (Lipinski definition) is 15. The predicted molar refractivity (Wildman–Crippen MR) is 401 cm³/mol. The maximum Gasteiger partial charge on any atom is 0.314 e. The van der Waals surface area contributed by atoms with E-state index < -0.39 is 124 Å². The fourth-order valence-electron chi connectivity index (χ4n) is 15.0. The van der Waals surface area contributed by atoms with Crippen LogP contribution in [0.5, 0.6) is 5.75 Å². The lowest BCUT2D eigenvalue weighted by Crippen LogP contribution is -2.59. The molecule has 3 aromatic rings. The number of nitrogens with one attached hydrogen (secondary N) is 5. The molecular weight excluding hydrogens is 1380 g/mol. The number of hydrogen-bond donors (Lipinski definition) is 6. The molecule has 8 amide bonds. The van der Waals surface area contributed by atoms with Crippen LogP contribution in [0.4, 0.5) is 28.0 Å². The molecular formula is C80H120F4N10O13. The Labute approximate surface area is 630 Å². The number of anilines is 1. The number of amides is 8. The largest absolute Gasteiger partial charge is 0.420 e.